The number of benzene rings is 1. The number of pyridine rings is 1. The number of rotatable bonds is 5. The van der Waals surface area contributed by atoms with Gasteiger partial charge in [-0.2, -0.15) is 4.31 Å². The molecule has 1 amide bonds. The molecular formula is C22H23N3O6S. The van der Waals surface area contributed by atoms with E-state index < -0.39 is 15.9 Å². The zero-order valence-electron chi connectivity index (χ0n) is 17.3. The van der Waals surface area contributed by atoms with Crippen molar-refractivity contribution < 1.29 is 27.8 Å². The standard InChI is InChI=1S/C22H23N3O6S/c26-14-19(15-4-2-1-3-5-15)22(27)24-10-16-12-25(13-17(16)11-24)32(28,29)18-8-20-21(23-9-18)31-7-6-30-20/h1-5,8-9,19,26H,6-7,10-14H2/t19-/m1/s1. The summed E-state index contributed by atoms with van der Waals surface area (Å²) >= 11 is 0. The fourth-order valence-electron chi connectivity index (χ4n) is 4.31. The summed E-state index contributed by atoms with van der Waals surface area (Å²) in [5.74, 6) is -0.161. The van der Waals surface area contributed by atoms with Crippen molar-refractivity contribution in [1.29, 1.82) is 0 Å². The third-order valence-corrected chi connectivity index (χ3v) is 7.76. The average Bonchev–Trinajstić information content (AvgIpc) is 3.40. The van der Waals surface area contributed by atoms with Gasteiger partial charge in [-0.1, -0.05) is 30.3 Å². The van der Waals surface area contributed by atoms with Crippen LogP contribution in [-0.2, 0) is 14.8 Å². The second-order valence-electron chi connectivity index (χ2n) is 7.99. The topological polar surface area (TPSA) is 109 Å². The van der Waals surface area contributed by atoms with Crippen molar-refractivity contribution in [2.75, 3.05) is 46.0 Å². The van der Waals surface area contributed by atoms with Crippen molar-refractivity contribution in [3.63, 3.8) is 0 Å². The summed E-state index contributed by atoms with van der Waals surface area (Å²) in [6.07, 6.45) is 1.29. The van der Waals surface area contributed by atoms with Crippen molar-refractivity contribution in [3.05, 3.63) is 59.3 Å². The predicted octanol–water partition coefficient (Wildman–Crippen LogP) is 0.772. The number of amides is 1. The minimum Gasteiger partial charge on any atom is -0.484 e. The summed E-state index contributed by atoms with van der Waals surface area (Å²) in [5, 5.41) is 9.80. The van der Waals surface area contributed by atoms with E-state index in [9.17, 15) is 18.3 Å². The Kier molecular flexibility index (Phi) is 5.36. The van der Waals surface area contributed by atoms with Crippen LogP contribution >= 0.6 is 0 Å². The van der Waals surface area contributed by atoms with E-state index in [1.807, 2.05) is 30.3 Å². The molecule has 0 unspecified atom stereocenters. The maximum atomic E-state index is 13.2. The normalized spacial score (nSPS) is 19.2. The Morgan fingerprint density at radius 2 is 1.75 bits per heavy atom. The Bertz CT molecular complexity index is 1160. The van der Waals surface area contributed by atoms with Crippen LogP contribution < -0.4 is 9.47 Å². The number of carbonyl (C=O) groups is 1. The first kappa shape index (κ1) is 20.9. The minimum absolute atomic E-state index is 0.0558. The van der Waals surface area contributed by atoms with Crippen molar-refractivity contribution >= 4 is 15.9 Å². The Morgan fingerprint density at radius 1 is 1.06 bits per heavy atom. The summed E-state index contributed by atoms with van der Waals surface area (Å²) in [4.78, 5) is 18.8. The zero-order chi connectivity index (χ0) is 22.3. The zero-order valence-corrected chi connectivity index (χ0v) is 18.1. The lowest BCUT2D eigenvalue weighted by atomic mass is 9.98. The third-order valence-electron chi connectivity index (χ3n) is 6.00. The van der Waals surface area contributed by atoms with Gasteiger partial charge in [0.2, 0.25) is 15.9 Å². The molecule has 0 radical (unpaired) electrons. The quantitative estimate of drug-likeness (QED) is 0.661. The lowest BCUT2D eigenvalue weighted by Gasteiger charge is -2.26. The summed E-state index contributed by atoms with van der Waals surface area (Å²) in [5.41, 5.74) is 2.62. The number of aromatic nitrogens is 1. The molecule has 32 heavy (non-hydrogen) atoms. The third kappa shape index (κ3) is 3.64. The van der Waals surface area contributed by atoms with Crippen molar-refractivity contribution in [1.82, 2.24) is 14.2 Å². The van der Waals surface area contributed by atoms with E-state index in [1.165, 1.54) is 16.6 Å². The molecule has 3 aliphatic rings. The van der Waals surface area contributed by atoms with E-state index in [-0.39, 0.29) is 30.5 Å². The first-order valence-corrected chi connectivity index (χ1v) is 11.8. The lowest BCUT2D eigenvalue weighted by Crippen LogP contribution is -2.39. The highest BCUT2D eigenvalue weighted by Crippen LogP contribution is 2.34. The van der Waals surface area contributed by atoms with Gasteiger partial charge in [0.25, 0.3) is 5.88 Å². The number of fused-ring (bicyclic) bond motifs is 1. The molecule has 4 heterocycles. The summed E-state index contributed by atoms with van der Waals surface area (Å²) in [6, 6.07) is 10.6. The van der Waals surface area contributed by atoms with Crippen molar-refractivity contribution in [2.24, 2.45) is 0 Å². The number of aliphatic hydroxyl groups excluding tert-OH is 1. The van der Waals surface area contributed by atoms with Crippen LogP contribution in [0.2, 0.25) is 0 Å². The largest absolute Gasteiger partial charge is 0.484 e. The Balaban J connectivity index is 1.27. The second-order valence-corrected chi connectivity index (χ2v) is 9.93. The average molecular weight is 458 g/mol. The smallest absolute Gasteiger partial charge is 0.257 e. The van der Waals surface area contributed by atoms with Crippen molar-refractivity contribution in [3.8, 4) is 11.6 Å². The molecule has 1 atom stereocenters. The van der Waals surface area contributed by atoms with Gasteiger partial charge >= 0.3 is 0 Å². The first-order valence-electron chi connectivity index (χ1n) is 10.4. The van der Waals surface area contributed by atoms with Gasteiger partial charge in [-0.05, 0) is 16.7 Å². The molecule has 1 aromatic heterocycles. The minimum atomic E-state index is -3.77. The fraction of sp³-hybridized carbons (Fsp3) is 0.364. The Hall–Kier alpha value is -2.95. The van der Waals surface area contributed by atoms with Crippen LogP contribution in [0.25, 0.3) is 0 Å². The fourth-order valence-corrected chi connectivity index (χ4v) is 5.70. The molecule has 0 saturated heterocycles. The summed E-state index contributed by atoms with van der Waals surface area (Å²) < 4.78 is 38.5. The number of hydrogen-bond acceptors (Lipinski definition) is 7. The van der Waals surface area contributed by atoms with Gasteiger partial charge in [-0.15, -0.1) is 0 Å². The maximum absolute atomic E-state index is 13.2. The predicted molar refractivity (Wildman–Crippen MR) is 114 cm³/mol. The van der Waals surface area contributed by atoms with Gasteiger partial charge in [0, 0.05) is 32.2 Å². The van der Waals surface area contributed by atoms with Gasteiger partial charge in [-0.25, -0.2) is 13.4 Å². The molecule has 5 rings (SSSR count). The molecule has 168 valence electrons. The monoisotopic (exact) mass is 457 g/mol. The van der Waals surface area contributed by atoms with E-state index in [1.54, 1.807) is 4.90 Å². The van der Waals surface area contributed by atoms with Crippen LogP contribution in [0.1, 0.15) is 11.5 Å². The molecule has 10 heteroatoms. The molecular weight excluding hydrogens is 434 g/mol. The lowest BCUT2D eigenvalue weighted by molar-refractivity contribution is -0.132. The van der Waals surface area contributed by atoms with Gasteiger partial charge in [0.05, 0.1) is 18.7 Å². The van der Waals surface area contributed by atoms with Gasteiger partial charge in [-0.3, -0.25) is 4.79 Å². The van der Waals surface area contributed by atoms with Crippen LogP contribution in [0.5, 0.6) is 11.6 Å². The van der Waals surface area contributed by atoms with Crippen LogP contribution in [0.15, 0.2) is 58.6 Å². The number of sulfonamides is 1. The summed E-state index contributed by atoms with van der Waals surface area (Å²) in [7, 11) is -3.77. The highest BCUT2D eigenvalue weighted by Gasteiger charge is 2.39. The molecule has 0 spiro atoms. The van der Waals surface area contributed by atoms with Crippen LogP contribution in [0.4, 0.5) is 0 Å². The molecule has 0 bridgehead atoms. The molecule has 0 fully saturated rings. The van der Waals surface area contributed by atoms with Crippen LogP contribution in [0.3, 0.4) is 0 Å². The van der Waals surface area contributed by atoms with E-state index >= 15 is 0 Å². The maximum Gasteiger partial charge on any atom is 0.257 e. The van der Waals surface area contributed by atoms with E-state index in [0.29, 0.717) is 37.9 Å². The second kappa shape index (κ2) is 8.19. The molecule has 2 aromatic rings. The number of hydrogen-bond donors (Lipinski definition) is 1. The Labute approximate surface area is 185 Å². The number of nitrogens with zero attached hydrogens (tertiary/aromatic N) is 3. The van der Waals surface area contributed by atoms with Gasteiger partial charge < -0.3 is 19.5 Å². The molecule has 1 N–H and O–H groups in total. The van der Waals surface area contributed by atoms with E-state index in [4.69, 9.17) is 9.47 Å². The highest BCUT2D eigenvalue weighted by atomic mass is 32.2. The SMILES string of the molecule is O=C([C@H](CO)c1ccccc1)N1CC2=C(C1)CN(S(=O)(=O)c1cnc3c(c1)OCCO3)C2. The van der Waals surface area contributed by atoms with E-state index in [2.05, 4.69) is 4.98 Å². The molecule has 0 saturated carbocycles. The number of ether oxygens (including phenoxy) is 2. The highest BCUT2D eigenvalue weighted by molar-refractivity contribution is 7.89. The van der Waals surface area contributed by atoms with Crippen LogP contribution in [-0.4, -0.2) is 79.6 Å². The number of aliphatic hydroxyl groups is 1. The summed E-state index contributed by atoms with van der Waals surface area (Å²) in [6.45, 7) is 1.63. The van der Waals surface area contributed by atoms with Crippen molar-refractivity contribution in [2.45, 2.75) is 10.8 Å². The van der Waals surface area contributed by atoms with Gasteiger partial charge in [0.1, 0.15) is 18.1 Å². The Morgan fingerprint density at radius 3 is 2.44 bits per heavy atom. The van der Waals surface area contributed by atoms with E-state index in [0.717, 1.165) is 16.7 Å². The van der Waals surface area contributed by atoms with Gasteiger partial charge in [0.15, 0.2) is 5.75 Å². The van der Waals surface area contributed by atoms with Crippen LogP contribution in [0, 0.1) is 0 Å². The molecule has 9 nitrogen and oxygen atoms in total. The number of carbonyl (C=O) groups excluding carboxylic acids is 1. The molecule has 1 aromatic carbocycles. The first-order chi connectivity index (χ1) is 15.5. The molecule has 0 aliphatic carbocycles. The molecule has 3 aliphatic heterocycles.